The molecule has 1 fully saturated rings. The van der Waals surface area contributed by atoms with Gasteiger partial charge in [0.15, 0.2) is 0 Å². The Kier molecular flexibility index (Phi) is 4.88. The Morgan fingerprint density at radius 3 is 3.08 bits per heavy atom. The molecule has 1 N–H and O–H groups in total. The summed E-state index contributed by atoms with van der Waals surface area (Å²) in [6.45, 7) is 5.56. The van der Waals surface area contributed by atoms with Crippen molar-refractivity contribution in [2.75, 3.05) is 31.1 Å². The number of carbonyl (C=O) groups excluding carboxylic acids is 1. The van der Waals surface area contributed by atoms with E-state index in [0.29, 0.717) is 22.5 Å². The molecule has 0 amide bonds. The summed E-state index contributed by atoms with van der Waals surface area (Å²) in [5, 5.41) is 3.37. The predicted molar refractivity (Wildman–Crippen MR) is 101 cm³/mol. The van der Waals surface area contributed by atoms with Crippen LogP contribution in [0.15, 0.2) is 30.5 Å². The van der Waals surface area contributed by atoms with Gasteiger partial charge in [0.1, 0.15) is 11.5 Å². The zero-order valence-corrected chi connectivity index (χ0v) is 13.7. The van der Waals surface area contributed by atoms with Gasteiger partial charge in [0.2, 0.25) is 5.78 Å². The highest BCUT2D eigenvalue weighted by atomic mass is 16.1. The van der Waals surface area contributed by atoms with Gasteiger partial charge in [-0.1, -0.05) is 12.0 Å². The predicted octanol–water partition coefficient (Wildman–Crippen LogP) is 2.54. The molecule has 1 aliphatic rings. The van der Waals surface area contributed by atoms with Crippen LogP contribution < -0.4 is 10.2 Å². The third-order valence-corrected chi connectivity index (χ3v) is 4.13. The number of rotatable bonds is 3. The van der Waals surface area contributed by atoms with E-state index in [2.05, 4.69) is 26.1 Å². The van der Waals surface area contributed by atoms with Gasteiger partial charge in [0.05, 0.1) is 0 Å². The van der Waals surface area contributed by atoms with Gasteiger partial charge in [0.25, 0.3) is 0 Å². The van der Waals surface area contributed by atoms with Gasteiger partial charge in [-0.15, -0.1) is 6.42 Å². The summed E-state index contributed by atoms with van der Waals surface area (Å²) in [5.41, 5.74) is 2.18. The van der Waals surface area contributed by atoms with Crippen molar-refractivity contribution in [2.45, 2.75) is 13.3 Å². The van der Waals surface area contributed by atoms with Crippen molar-refractivity contribution in [1.29, 1.82) is 0 Å². The number of nitrogens with zero attached hydrogens (tertiary/aromatic N) is 3. The second-order valence-corrected chi connectivity index (χ2v) is 5.80. The molecule has 0 aliphatic carbocycles. The molecular weight excluding hydrogens is 300 g/mol. The molecule has 2 aromatic rings. The van der Waals surface area contributed by atoms with Crippen LogP contribution in [-0.2, 0) is 0 Å². The van der Waals surface area contributed by atoms with Gasteiger partial charge in [-0.05, 0) is 38.1 Å². The first-order valence-corrected chi connectivity index (χ1v) is 8.10. The lowest BCUT2D eigenvalue weighted by atomic mass is 10.0. The minimum Gasteiger partial charge on any atom is -0.355 e. The van der Waals surface area contributed by atoms with Crippen LogP contribution in [-0.4, -0.2) is 41.9 Å². The molecule has 3 rings (SSSR count). The molecule has 5 heteroatoms. The van der Waals surface area contributed by atoms with Crippen molar-refractivity contribution in [3.63, 3.8) is 0 Å². The topological polar surface area (TPSA) is 58.1 Å². The molecule has 3 heterocycles. The zero-order valence-electron chi connectivity index (χ0n) is 13.7. The number of hydrogen-bond donors (Lipinski definition) is 1. The fourth-order valence-electron chi connectivity index (χ4n) is 2.78. The van der Waals surface area contributed by atoms with E-state index in [1.54, 1.807) is 25.3 Å². The lowest BCUT2D eigenvalue weighted by Crippen LogP contribution is -2.29. The van der Waals surface area contributed by atoms with Crippen LogP contribution in [0.1, 0.15) is 38.0 Å². The van der Waals surface area contributed by atoms with E-state index < -0.39 is 0 Å². The average Bonchev–Trinajstić information content (AvgIpc) is 2.91. The number of pyridine rings is 2. The lowest BCUT2D eigenvalue weighted by molar-refractivity contribution is 0.103. The minimum absolute atomic E-state index is 0. The normalized spacial score (nSPS) is 14.8. The molecule has 0 unspecified atom stereocenters. The molecule has 0 atom stereocenters. The van der Waals surface area contributed by atoms with Crippen molar-refractivity contribution in [2.24, 2.45) is 0 Å². The van der Waals surface area contributed by atoms with Crippen LogP contribution in [0.3, 0.4) is 0 Å². The number of nitrogens with one attached hydrogen (secondary N) is 1. The van der Waals surface area contributed by atoms with Crippen LogP contribution >= 0.6 is 0 Å². The number of anilines is 1. The van der Waals surface area contributed by atoms with Crippen molar-refractivity contribution in [3.05, 3.63) is 53.0 Å². The third-order valence-electron chi connectivity index (χ3n) is 4.13. The molecular formula is C19H26N4O. The third kappa shape index (κ3) is 3.44. The molecule has 0 bridgehead atoms. The van der Waals surface area contributed by atoms with E-state index in [-0.39, 0.29) is 10.1 Å². The van der Waals surface area contributed by atoms with Gasteiger partial charge in [0, 0.05) is 46.9 Å². The Balaban J connectivity index is 0.00000225. The maximum atomic E-state index is 12.8. The van der Waals surface area contributed by atoms with E-state index in [0.717, 1.165) is 38.4 Å². The summed E-state index contributed by atoms with van der Waals surface area (Å²) in [4.78, 5) is 23.8. The van der Waals surface area contributed by atoms with Crippen LogP contribution in [0.2, 0.25) is 0 Å². The van der Waals surface area contributed by atoms with Crippen molar-refractivity contribution >= 4 is 11.6 Å². The summed E-state index contributed by atoms with van der Waals surface area (Å²) >= 11 is 0. The van der Waals surface area contributed by atoms with Crippen molar-refractivity contribution in [3.8, 4) is 12.3 Å². The molecule has 0 radical (unpaired) electrons. The zero-order chi connectivity index (χ0) is 16.9. The number of terminal acetylenes is 1. The fraction of sp³-hybridized carbons (Fsp3) is 0.316. The molecule has 1 saturated heterocycles. The van der Waals surface area contributed by atoms with Crippen molar-refractivity contribution < 1.29 is 9.07 Å². The SMILES string of the molecule is C#Cc1cnc(C)c(C(=O)c2cccc(N3CCCNCC3)n2)c1.[HH].[HH].[HH]. The highest BCUT2D eigenvalue weighted by Gasteiger charge is 2.17. The molecule has 128 valence electrons. The van der Waals surface area contributed by atoms with Gasteiger partial charge < -0.3 is 10.2 Å². The minimum atomic E-state index is -0.146. The number of aromatic nitrogens is 2. The quantitative estimate of drug-likeness (QED) is 0.694. The van der Waals surface area contributed by atoms with Gasteiger partial charge in [-0.2, -0.15) is 0 Å². The van der Waals surface area contributed by atoms with Gasteiger partial charge >= 0.3 is 0 Å². The summed E-state index contributed by atoms with van der Waals surface area (Å²) in [5.74, 6) is 3.21. The van der Waals surface area contributed by atoms with Crippen LogP contribution in [0.25, 0.3) is 0 Å². The number of carbonyl (C=O) groups is 1. The molecule has 1 aliphatic heterocycles. The Morgan fingerprint density at radius 1 is 1.38 bits per heavy atom. The Morgan fingerprint density at radius 2 is 2.25 bits per heavy atom. The van der Waals surface area contributed by atoms with Crippen LogP contribution in [0.4, 0.5) is 5.82 Å². The number of aryl methyl sites for hydroxylation is 1. The largest absolute Gasteiger partial charge is 0.355 e. The summed E-state index contributed by atoms with van der Waals surface area (Å²) in [6, 6.07) is 7.27. The second-order valence-electron chi connectivity index (χ2n) is 5.80. The van der Waals surface area contributed by atoms with Crippen LogP contribution in [0, 0.1) is 19.3 Å². The van der Waals surface area contributed by atoms with E-state index in [4.69, 9.17) is 6.42 Å². The molecule has 0 spiro atoms. The van der Waals surface area contributed by atoms with Gasteiger partial charge in [-0.25, -0.2) is 4.98 Å². The molecule has 0 aromatic carbocycles. The standard InChI is InChI=1S/C19H20N4O.3H2/c1-3-15-12-16(14(2)21-13-15)19(24)17-6-4-7-18(22-17)23-10-5-8-20-9-11-23;;;/h1,4,6-7,12-13,20H,5,8-11H2,2H3;3*1H. The fourth-order valence-corrected chi connectivity index (χ4v) is 2.78. The highest BCUT2D eigenvalue weighted by Crippen LogP contribution is 2.17. The summed E-state index contributed by atoms with van der Waals surface area (Å²) in [6.07, 6.45) is 8.07. The second kappa shape index (κ2) is 7.24. The summed E-state index contributed by atoms with van der Waals surface area (Å²) in [7, 11) is 0. The smallest absolute Gasteiger partial charge is 0.213 e. The lowest BCUT2D eigenvalue weighted by Gasteiger charge is -2.21. The Labute approximate surface area is 146 Å². The monoisotopic (exact) mass is 326 g/mol. The van der Waals surface area contributed by atoms with Crippen molar-refractivity contribution in [1.82, 2.24) is 15.3 Å². The Hall–Kier alpha value is -2.71. The molecule has 5 nitrogen and oxygen atoms in total. The van der Waals surface area contributed by atoms with E-state index >= 15 is 0 Å². The van der Waals surface area contributed by atoms with E-state index in [1.807, 2.05) is 12.1 Å². The highest BCUT2D eigenvalue weighted by molar-refractivity contribution is 6.08. The summed E-state index contributed by atoms with van der Waals surface area (Å²) < 4.78 is 0. The Bertz CT molecular complexity index is 800. The first-order valence-electron chi connectivity index (χ1n) is 8.10. The van der Waals surface area contributed by atoms with E-state index in [1.165, 1.54) is 0 Å². The first kappa shape index (κ1) is 16.2. The first-order chi connectivity index (χ1) is 11.7. The maximum Gasteiger partial charge on any atom is 0.213 e. The molecule has 2 aromatic heterocycles. The van der Waals surface area contributed by atoms with Crippen LogP contribution in [0.5, 0.6) is 0 Å². The van der Waals surface area contributed by atoms with Gasteiger partial charge in [-0.3, -0.25) is 9.78 Å². The average molecular weight is 326 g/mol. The number of ketones is 1. The number of hydrogen-bond acceptors (Lipinski definition) is 5. The molecule has 0 saturated carbocycles. The molecule has 24 heavy (non-hydrogen) atoms. The maximum absolute atomic E-state index is 12.8. The van der Waals surface area contributed by atoms with E-state index in [9.17, 15) is 4.79 Å².